The molecule has 0 aliphatic carbocycles. The van der Waals surface area contributed by atoms with E-state index in [9.17, 15) is 19.2 Å². The van der Waals surface area contributed by atoms with Gasteiger partial charge in [0.25, 0.3) is 0 Å². The maximum atomic E-state index is 11.4. The van der Waals surface area contributed by atoms with Crippen LogP contribution in [0.3, 0.4) is 0 Å². The van der Waals surface area contributed by atoms with Crippen molar-refractivity contribution in [3.63, 3.8) is 0 Å². The summed E-state index contributed by atoms with van der Waals surface area (Å²) in [4.78, 5) is 44.3. The Morgan fingerprint density at radius 3 is 2.20 bits per heavy atom. The quantitative estimate of drug-likeness (QED) is 0.580. The number of methoxy groups -OCH3 is 1. The summed E-state index contributed by atoms with van der Waals surface area (Å²) >= 11 is 1.23. The van der Waals surface area contributed by atoms with Crippen LogP contribution >= 0.6 is 11.8 Å². The summed E-state index contributed by atoms with van der Waals surface area (Å²) in [7, 11) is 1.21. The smallest absolute Gasteiger partial charge is 0.329 e. The van der Waals surface area contributed by atoms with Crippen molar-refractivity contribution in [3.05, 3.63) is 0 Å². The van der Waals surface area contributed by atoms with E-state index in [0.717, 1.165) is 0 Å². The first-order chi connectivity index (χ1) is 9.27. The predicted molar refractivity (Wildman–Crippen MR) is 73.4 cm³/mol. The van der Waals surface area contributed by atoms with Crippen LogP contribution in [-0.4, -0.2) is 53.4 Å². The molecule has 1 amide bonds. The van der Waals surface area contributed by atoms with Crippen LogP contribution in [0.4, 0.5) is 0 Å². The lowest BCUT2D eigenvalue weighted by Gasteiger charge is -2.16. The van der Waals surface area contributed by atoms with Gasteiger partial charge in [-0.15, -0.1) is 0 Å². The van der Waals surface area contributed by atoms with Gasteiger partial charge in [0.15, 0.2) is 0 Å². The highest BCUT2D eigenvalue weighted by atomic mass is 32.2. The Balaban J connectivity index is 4.39. The number of hydrogen-bond donors (Lipinski definition) is 2. The fourth-order valence-corrected chi connectivity index (χ4v) is 2.64. The van der Waals surface area contributed by atoms with Gasteiger partial charge in [0, 0.05) is 24.3 Å². The van der Waals surface area contributed by atoms with Crippen LogP contribution < -0.4 is 5.32 Å². The zero-order valence-electron chi connectivity index (χ0n) is 11.7. The second-order valence-electron chi connectivity index (χ2n) is 4.22. The molecule has 20 heavy (non-hydrogen) atoms. The van der Waals surface area contributed by atoms with E-state index in [-0.39, 0.29) is 29.6 Å². The highest BCUT2D eigenvalue weighted by Crippen LogP contribution is 2.15. The number of esters is 1. The molecule has 0 bridgehead atoms. The molecule has 0 aliphatic rings. The molecular formula is C12H19NO6S. The van der Waals surface area contributed by atoms with Crippen molar-refractivity contribution in [1.82, 2.24) is 5.32 Å². The van der Waals surface area contributed by atoms with Crippen LogP contribution in [0.25, 0.3) is 0 Å². The zero-order chi connectivity index (χ0) is 15.7. The number of thioether (sulfide) groups is 1. The fourth-order valence-electron chi connectivity index (χ4n) is 1.42. The number of ether oxygens (including phenoxy) is 1. The van der Waals surface area contributed by atoms with Crippen LogP contribution in [0.15, 0.2) is 0 Å². The first kappa shape index (κ1) is 18.4. The standard InChI is InChI=1S/C12H19NO6S/c1-7(14)9(4-11(16)17)5-20-6-10(12(18)19-3)13-8(2)15/h9-10H,4-6H2,1-3H3,(H,13,15)(H,16,17)/t9?,10-/m0/s1. The minimum Gasteiger partial charge on any atom is -0.481 e. The SMILES string of the molecule is COC(=O)[C@H](CSCC(CC(=O)O)C(C)=O)NC(C)=O. The minimum absolute atomic E-state index is 0.214. The Hall–Kier alpha value is -1.57. The number of ketones is 1. The van der Waals surface area contributed by atoms with E-state index in [0.29, 0.717) is 0 Å². The van der Waals surface area contributed by atoms with Gasteiger partial charge in [0.05, 0.1) is 13.5 Å². The molecule has 0 saturated carbocycles. The molecule has 2 atom stereocenters. The molecule has 0 saturated heterocycles. The number of nitrogens with one attached hydrogen (secondary N) is 1. The lowest BCUT2D eigenvalue weighted by molar-refractivity contribution is -0.144. The molecule has 0 aromatic rings. The number of carboxylic acid groups (broad SMARTS) is 1. The van der Waals surface area contributed by atoms with Crippen LogP contribution in [0, 0.1) is 5.92 Å². The summed E-state index contributed by atoms with van der Waals surface area (Å²) in [6, 6.07) is -0.806. The molecule has 0 aliphatic heterocycles. The van der Waals surface area contributed by atoms with Gasteiger partial charge in [-0.2, -0.15) is 11.8 Å². The van der Waals surface area contributed by atoms with E-state index in [1.165, 1.54) is 32.7 Å². The number of hydrogen-bond acceptors (Lipinski definition) is 6. The second kappa shape index (κ2) is 9.35. The topological polar surface area (TPSA) is 110 Å². The first-order valence-electron chi connectivity index (χ1n) is 5.92. The van der Waals surface area contributed by atoms with Crippen molar-refractivity contribution < 1.29 is 29.0 Å². The van der Waals surface area contributed by atoms with Crippen LogP contribution in [0.1, 0.15) is 20.3 Å². The van der Waals surface area contributed by atoms with Crippen molar-refractivity contribution >= 4 is 35.4 Å². The van der Waals surface area contributed by atoms with E-state index >= 15 is 0 Å². The second-order valence-corrected chi connectivity index (χ2v) is 5.29. The molecule has 1 unspecified atom stereocenters. The van der Waals surface area contributed by atoms with Gasteiger partial charge in [-0.25, -0.2) is 4.79 Å². The molecule has 0 aromatic carbocycles. The predicted octanol–water partition coefficient (Wildman–Crippen LogP) is 0.0772. The highest BCUT2D eigenvalue weighted by Gasteiger charge is 2.23. The molecular weight excluding hydrogens is 286 g/mol. The third-order valence-electron chi connectivity index (χ3n) is 2.46. The van der Waals surface area contributed by atoms with Crippen LogP contribution in [0.5, 0.6) is 0 Å². The van der Waals surface area contributed by atoms with Gasteiger partial charge < -0.3 is 15.2 Å². The first-order valence-corrected chi connectivity index (χ1v) is 7.08. The number of Topliss-reactive ketones (excluding diaryl/α,β-unsaturated/α-hetero) is 1. The Bertz CT molecular complexity index is 384. The summed E-state index contributed by atoms with van der Waals surface area (Å²) in [5.74, 6) is -2.32. The summed E-state index contributed by atoms with van der Waals surface area (Å²) < 4.78 is 4.55. The zero-order valence-corrected chi connectivity index (χ0v) is 12.5. The molecule has 0 aromatic heterocycles. The third kappa shape index (κ3) is 7.78. The van der Waals surface area contributed by atoms with Crippen molar-refractivity contribution in [2.45, 2.75) is 26.3 Å². The normalized spacial score (nSPS) is 13.2. The summed E-state index contributed by atoms with van der Waals surface area (Å²) in [5, 5.41) is 11.1. The van der Waals surface area contributed by atoms with Gasteiger partial charge >= 0.3 is 11.9 Å². The van der Waals surface area contributed by atoms with E-state index in [1.54, 1.807) is 0 Å². The lowest BCUT2D eigenvalue weighted by Crippen LogP contribution is -2.42. The number of rotatable bonds is 9. The fraction of sp³-hybridized carbons (Fsp3) is 0.667. The van der Waals surface area contributed by atoms with E-state index in [1.807, 2.05) is 0 Å². The third-order valence-corrected chi connectivity index (χ3v) is 3.67. The Morgan fingerprint density at radius 2 is 1.80 bits per heavy atom. The molecule has 0 spiro atoms. The van der Waals surface area contributed by atoms with Crippen molar-refractivity contribution in [3.8, 4) is 0 Å². The Morgan fingerprint density at radius 1 is 1.20 bits per heavy atom. The molecule has 0 fully saturated rings. The molecule has 0 radical (unpaired) electrons. The largest absolute Gasteiger partial charge is 0.481 e. The lowest BCUT2D eigenvalue weighted by atomic mass is 10.0. The van der Waals surface area contributed by atoms with Gasteiger partial charge in [0.2, 0.25) is 5.91 Å². The molecule has 2 N–H and O–H groups in total. The highest BCUT2D eigenvalue weighted by molar-refractivity contribution is 7.99. The molecule has 7 nitrogen and oxygen atoms in total. The minimum atomic E-state index is -1.04. The van der Waals surface area contributed by atoms with Gasteiger partial charge in [-0.05, 0) is 6.92 Å². The van der Waals surface area contributed by atoms with Crippen LogP contribution in [0.2, 0.25) is 0 Å². The number of carboxylic acids is 1. The summed E-state index contributed by atoms with van der Waals surface area (Å²) in [6.07, 6.45) is -0.245. The average molecular weight is 305 g/mol. The van der Waals surface area contributed by atoms with Gasteiger partial charge in [0.1, 0.15) is 11.8 Å². The number of carbonyl (C=O) groups excluding carboxylic acids is 3. The Kier molecular flexibility index (Phi) is 8.62. The molecule has 114 valence electrons. The molecule has 0 heterocycles. The van der Waals surface area contributed by atoms with E-state index in [2.05, 4.69) is 10.1 Å². The number of carbonyl (C=O) groups is 4. The van der Waals surface area contributed by atoms with E-state index in [4.69, 9.17) is 5.11 Å². The summed E-state index contributed by atoms with van der Waals surface area (Å²) in [6.45, 7) is 2.61. The monoisotopic (exact) mass is 305 g/mol. The molecule has 0 rings (SSSR count). The summed E-state index contributed by atoms with van der Waals surface area (Å²) in [5.41, 5.74) is 0. The Labute approximate surface area is 121 Å². The van der Waals surface area contributed by atoms with E-state index < -0.39 is 23.9 Å². The maximum absolute atomic E-state index is 11.4. The average Bonchev–Trinajstić information content (AvgIpc) is 2.34. The van der Waals surface area contributed by atoms with Gasteiger partial charge in [-0.1, -0.05) is 0 Å². The maximum Gasteiger partial charge on any atom is 0.329 e. The van der Waals surface area contributed by atoms with Gasteiger partial charge in [-0.3, -0.25) is 14.4 Å². The number of aliphatic carboxylic acids is 1. The number of amides is 1. The van der Waals surface area contributed by atoms with Crippen molar-refractivity contribution in [2.24, 2.45) is 5.92 Å². The van der Waals surface area contributed by atoms with Crippen molar-refractivity contribution in [1.29, 1.82) is 0 Å². The van der Waals surface area contributed by atoms with Crippen molar-refractivity contribution in [2.75, 3.05) is 18.6 Å². The molecule has 8 heteroatoms. The van der Waals surface area contributed by atoms with Crippen LogP contribution in [-0.2, 0) is 23.9 Å².